The Labute approximate surface area is 145 Å². The van der Waals surface area contributed by atoms with Gasteiger partial charge >= 0.3 is 0 Å². The molecule has 8 atom stereocenters. The Morgan fingerprint density at radius 1 is 0.739 bits per heavy atom. The second-order valence-corrected chi connectivity index (χ2v) is 10.4. The van der Waals surface area contributed by atoms with Crippen molar-refractivity contribution in [2.24, 2.45) is 46.3 Å². The highest BCUT2D eigenvalue weighted by atomic mass is 14.6. The first-order chi connectivity index (χ1) is 11.0. The van der Waals surface area contributed by atoms with Crippen LogP contribution in [0.3, 0.4) is 0 Å². The van der Waals surface area contributed by atoms with E-state index >= 15 is 0 Å². The number of fused-ring (bicyclic) bond motifs is 5. The van der Waals surface area contributed by atoms with Crippen molar-refractivity contribution in [1.29, 1.82) is 0 Å². The van der Waals surface area contributed by atoms with Gasteiger partial charge in [-0.25, -0.2) is 0 Å². The molecule has 0 aromatic rings. The summed E-state index contributed by atoms with van der Waals surface area (Å²) in [5.41, 5.74) is 1.42. The van der Waals surface area contributed by atoms with Gasteiger partial charge in [-0.3, -0.25) is 0 Å². The molecule has 0 aliphatic heterocycles. The highest BCUT2D eigenvalue weighted by molar-refractivity contribution is 5.08. The summed E-state index contributed by atoms with van der Waals surface area (Å²) >= 11 is 0. The Morgan fingerprint density at radius 3 is 2.22 bits per heavy atom. The van der Waals surface area contributed by atoms with E-state index < -0.39 is 0 Å². The van der Waals surface area contributed by atoms with E-state index in [4.69, 9.17) is 0 Å². The first-order valence-corrected chi connectivity index (χ1v) is 11.0. The first-order valence-electron chi connectivity index (χ1n) is 11.0. The van der Waals surface area contributed by atoms with Gasteiger partial charge in [-0.05, 0) is 104 Å². The highest BCUT2D eigenvalue weighted by Gasteiger charge is 2.59. The lowest BCUT2D eigenvalue weighted by molar-refractivity contribution is -0.118. The van der Waals surface area contributed by atoms with Crippen LogP contribution < -0.4 is 0 Å². The third kappa shape index (κ3) is 2.29. The van der Waals surface area contributed by atoms with E-state index in [-0.39, 0.29) is 0 Å². The Bertz CT molecular complexity index is 439. The fraction of sp³-hybridized carbons (Fsp3) is 1.00. The van der Waals surface area contributed by atoms with Crippen molar-refractivity contribution < 1.29 is 0 Å². The highest BCUT2D eigenvalue weighted by Crippen LogP contribution is 2.68. The van der Waals surface area contributed by atoms with Crippen LogP contribution in [0.1, 0.15) is 98.3 Å². The largest absolute Gasteiger partial charge is 0.0651 e. The lowest BCUT2D eigenvalue weighted by atomic mass is 9.44. The van der Waals surface area contributed by atoms with Crippen LogP contribution in [0, 0.1) is 46.3 Å². The lowest BCUT2D eigenvalue weighted by Gasteiger charge is -2.61. The fourth-order valence-electron chi connectivity index (χ4n) is 8.50. The molecular weight excluding hydrogens is 276 g/mol. The van der Waals surface area contributed by atoms with Gasteiger partial charge in [0.2, 0.25) is 0 Å². The molecule has 23 heavy (non-hydrogen) atoms. The molecule has 0 saturated heterocycles. The van der Waals surface area contributed by atoms with Crippen LogP contribution in [0.2, 0.25) is 0 Å². The van der Waals surface area contributed by atoms with Crippen molar-refractivity contribution in [3.8, 4) is 0 Å². The predicted octanol–water partition coefficient (Wildman–Crippen LogP) is 7.08. The van der Waals surface area contributed by atoms with Crippen LogP contribution >= 0.6 is 0 Å². The molecule has 0 bridgehead atoms. The van der Waals surface area contributed by atoms with Gasteiger partial charge in [0.15, 0.2) is 0 Å². The number of rotatable bonds is 2. The van der Waals surface area contributed by atoms with E-state index in [0.29, 0.717) is 10.8 Å². The molecular formula is C23H40. The van der Waals surface area contributed by atoms with Gasteiger partial charge in [0.05, 0.1) is 0 Å². The zero-order chi connectivity index (χ0) is 16.2. The zero-order valence-electron chi connectivity index (χ0n) is 16.2. The number of hydrogen-bond acceptors (Lipinski definition) is 0. The summed E-state index contributed by atoms with van der Waals surface area (Å²) < 4.78 is 0. The summed E-state index contributed by atoms with van der Waals surface area (Å²) in [5.74, 6) is 6.39. The minimum Gasteiger partial charge on any atom is -0.0651 e. The van der Waals surface area contributed by atoms with E-state index in [1.54, 1.807) is 51.4 Å². The van der Waals surface area contributed by atoms with Crippen LogP contribution in [0.4, 0.5) is 0 Å². The molecule has 0 spiro atoms. The van der Waals surface area contributed by atoms with Crippen molar-refractivity contribution in [3.63, 3.8) is 0 Å². The van der Waals surface area contributed by atoms with Gasteiger partial charge in [0, 0.05) is 0 Å². The van der Waals surface area contributed by atoms with Crippen molar-refractivity contribution >= 4 is 0 Å². The van der Waals surface area contributed by atoms with Crippen LogP contribution in [-0.4, -0.2) is 0 Å². The van der Waals surface area contributed by atoms with Crippen LogP contribution in [0.5, 0.6) is 0 Å². The molecule has 4 aliphatic carbocycles. The molecule has 0 heterocycles. The van der Waals surface area contributed by atoms with Gasteiger partial charge in [-0.15, -0.1) is 0 Å². The SMILES string of the molecule is CCC1CC[C@@]2(C)[C@@H](CC[C@@H]3[C@@H]2CC[C@]2(C)[C@@H](CC)CC[C@@H]32)C1. The summed E-state index contributed by atoms with van der Waals surface area (Å²) in [7, 11) is 0. The Hall–Kier alpha value is 0. The molecule has 4 aliphatic rings. The van der Waals surface area contributed by atoms with Gasteiger partial charge in [0.1, 0.15) is 0 Å². The molecule has 132 valence electrons. The Morgan fingerprint density at radius 2 is 1.48 bits per heavy atom. The van der Waals surface area contributed by atoms with Crippen LogP contribution in [0.25, 0.3) is 0 Å². The smallest absolute Gasteiger partial charge is 0.0266 e. The van der Waals surface area contributed by atoms with Crippen LogP contribution in [0.15, 0.2) is 0 Å². The summed E-state index contributed by atoms with van der Waals surface area (Å²) in [4.78, 5) is 0. The molecule has 4 rings (SSSR count). The maximum atomic E-state index is 2.73. The zero-order valence-corrected chi connectivity index (χ0v) is 16.2. The van der Waals surface area contributed by atoms with E-state index in [1.807, 2.05) is 0 Å². The Kier molecular flexibility index (Phi) is 4.13. The predicted molar refractivity (Wildman–Crippen MR) is 99.3 cm³/mol. The minimum absolute atomic E-state index is 0.708. The molecule has 0 N–H and O–H groups in total. The maximum Gasteiger partial charge on any atom is -0.0266 e. The molecule has 0 aromatic heterocycles. The van der Waals surface area contributed by atoms with Gasteiger partial charge in [0.25, 0.3) is 0 Å². The summed E-state index contributed by atoms with van der Waals surface area (Å²) in [6, 6.07) is 0. The monoisotopic (exact) mass is 316 g/mol. The second-order valence-electron chi connectivity index (χ2n) is 10.4. The molecule has 0 radical (unpaired) electrons. The third-order valence-corrected chi connectivity index (χ3v) is 10.0. The quantitative estimate of drug-likeness (QED) is 0.510. The third-order valence-electron chi connectivity index (χ3n) is 10.0. The molecule has 0 amide bonds. The van der Waals surface area contributed by atoms with Gasteiger partial charge < -0.3 is 0 Å². The second kappa shape index (κ2) is 5.77. The topological polar surface area (TPSA) is 0 Å². The van der Waals surface area contributed by atoms with E-state index in [2.05, 4.69) is 27.7 Å². The van der Waals surface area contributed by atoms with Crippen molar-refractivity contribution in [2.45, 2.75) is 98.3 Å². The molecule has 4 saturated carbocycles. The first kappa shape index (κ1) is 16.5. The number of hydrogen-bond donors (Lipinski definition) is 0. The van der Waals surface area contributed by atoms with Crippen molar-refractivity contribution in [1.82, 2.24) is 0 Å². The van der Waals surface area contributed by atoms with Crippen molar-refractivity contribution in [3.05, 3.63) is 0 Å². The molecule has 0 heteroatoms. The van der Waals surface area contributed by atoms with E-state index in [0.717, 1.165) is 35.5 Å². The fourth-order valence-corrected chi connectivity index (χ4v) is 8.50. The molecule has 0 aromatic carbocycles. The van der Waals surface area contributed by atoms with Gasteiger partial charge in [-0.2, -0.15) is 0 Å². The lowest BCUT2D eigenvalue weighted by Crippen LogP contribution is -2.53. The normalized spacial score (nSPS) is 55.8. The summed E-state index contributed by atoms with van der Waals surface area (Å²) in [6.07, 6.45) is 16.9. The molecule has 1 unspecified atom stereocenters. The van der Waals surface area contributed by atoms with E-state index in [9.17, 15) is 0 Å². The minimum atomic E-state index is 0.708. The average molecular weight is 317 g/mol. The molecule has 0 nitrogen and oxygen atoms in total. The van der Waals surface area contributed by atoms with Crippen molar-refractivity contribution in [2.75, 3.05) is 0 Å². The van der Waals surface area contributed by atoms with Gasteiger partial charge in [-0.1, -0.05) is 40.5 Å². The summed E-state index contributed by atoms with van der Waals surface area (Å²) in [6.45, 7) is 10.3. The standard InChI is InChI=1S/C23H40/c1-5-16-11-13-23(4)18(15-16)7-9-19-20-10-8-17(6-2)22(20,3)14-12-21(19)23/h16-21H,5-15H2,1-4H3/t16?,17-,18-,19-,20-,21-,22+,23-/m0/s1. The summed E-state index contributed by atoms with van der Waals surface area (Å²) in [5, 5.41) is 0. The molecule has 4 fully saturated rings. The Balaban J connectivity index is 1.58. The van der Waals surface area contributed by atoms with Crippen LogP contribution in [-0.2, 0) is 0 Å². The maximum absolute atomic E-state index is 2.73. The average Bonchev–Trinajstić information content (AvgIpc) is 2.90. The van der Waals surface area contributed by atoms with E-state index in [1.165, 1.54) is 19.3 Å².